The molecule has 1 N–H and O–H groups in total. The van der Waals surface area contributed by atoms with E-state index in [-0.39, 0.29) is 0 Å². The fourth-order valence-electron chi connectivity index (χ4n) is 1.62. The molecule has 0 bridgehead atoms. The van der Waals surface area contributed by atoms with E-state index in [4.69, 9.17) is 4.74 Å². The molecular weight excluding hydrogens is 164 g/mol. The van der Waals surface area contributed by atoms with E-state index in [2.05, 4.69) is 31.0 Å². The van der Waals surface area contributed by atoms with Crippen LogP contribution in [0.15, 0.2) is 0 Å². The minimum absolute atomic E-state index is 0.385. The quantitative estimate of drug-likeness (QED) is 0.699. The molecule has 0 aromatic heterocycles. The van der Waals surface area contributed by atoms with E-state index >= 15 is 0 Å². The summed E-state index contributed by atoms with van der Waals surface area (Å²) in [6, 6.07) is 0.521. The number of hydrogen-bond donors (Lipinski definition) is 1. The Morgan fingerprint density at radius 3 is 2.54 bits per heavy atom. The van der Waals surface area contributed by atoms with Gasteiger partial charge in [0.2, 0.25) is 0 Å². The van der Waals surface area contributed by atoms with Crippen molar-refractivity contribution in [2.75, 3.05) is 32.8 Å². The van der Waals surface area contributed by atoms with Crippen LogP contribution in [0.3, 0.4) is 0 Å². The van der Waals surface area contributed by atoms with Gasteiger partial charge < -0.3 is 15.0 Å². The maximum atomic E-state index is 5.72. The SMILES string of the molecule is CCN(CC)CC1CNC(C)CO1. The second kappa shape index (κ2) is 5.58. The predicted molar refractivity (Wildman–Crippen MR) is 55.0 cm³/mol. The highest BCUT2D eigenvalue weighted by Gasteiger charge is 2.19. The van der Waals surface area contributed by atoms with Gasteiger partial charge in [0.25, 0.3) is 0 Å². The third-order valence-corrected chi connectivity index (χ3v) is 2.63. The lowest BCUT2D eigenvalue weighted by Gasteiger charge is -2.31. The van der Waals surface area contributed by atoms with E-state index in [9.17, 15) is 0 Å². The molecule has 13 heavy (non-hydrogen) atoms. The molecule has 1 aliphatic heterocycles. The van der Waals surface area contributed by atoms with Crippen molar-refractivity contribution in [1.82, 2.24) is 10.2 Å². The third kappa shape index (κ3) is 3.63. The normalized spacial score (nSPS) is 29.5. The highest BCUT2D eigenvalue weighted by molar-refractivity contribution is 4.75. The van der Waals surface area contributed by atoms with E-state index in [1.54, 1.807) is 0 Å². The summed E-state index contributed by atoms with van der Waals surface area (Å²) >= 11 is 0. The molecule has 1 saturated heterocycles. The largest absolute Gasteiger partial charge is 0.374 e. The maximum Gasteiger partial charge on any atom is 0.0826 e. The van der Waals surface area contributed by atoms with Crippen molar-refractivity contribution in [3.05, 3.63) is 0 Å². The van der Waals surface area contributed by atoms with Gasteiger partial charge >= 0.3 is 0 Å². The molecule has 0 saturated carbocycles. The van der Waals surface area contributed by atoms with E-state index < -0.39 is 0 Å². The van der Waals surface area contributed by atoms with Gasteiger partial charge in [0, 0.05) is 19.1 Å². The third-order valence-electron chi connectivity index (χ3n) is 2.63. The molecule has 0 aliphatic carbocycles. The van der Waals surface area contributed by atoms with E-state index in [0.29, 0.717) is 12.1 Å². The molecule has 0 aromatic carbocycles. The van der Waals surface area contributed by atoms with Crippen molar-refractivity contribution in [3.8, 4) is 0 Å². The van der Waals surface area contributed by atoms with Crippen molar-refractivity contribution in [3.63, 3.8) is 0 Å². The van der Waals surface area contributed by atoms with Gasteiger partial charge in [0.15, 0.2) is 0 Å². The van der Waals surface area contributed by atoms with Crippen LogP contribution in [0, 0.1) is 0 Å². The first-order valence-corrected chi connectivity index (χ1v) is 5.33. The van der Waals surface area contributed by atoms with E-state index in [1.807, 2.05) is 0 Å². The Hall–Kier alpha value is -0.120. The first kappa shape index (κ1) is 11.0. The number of likely N-dealkylation sites (N-methyl/N-ethyl adjacent to an activating group) is 1. The van der Waals surface area contributed by atoms with Crippen molar-refractivity contribution < 1.29 is 4.74 Å². The first-order valence-electron chi connectivity index (χ1n) is 5.33. The van der Waals surface area contributed by atoms with Gasteiger partial charge in [0.1, 0.15) is 0 Å². The summed E-state index contributed by atoms with van der Waals surface area (Å²) in [4.78, 5) is 2.41. The highest BCUT2D eigenvalue weighted by atomic mass is 16.5. The van der Waals surface area contributed by atoms with Crippen LogP contribution in [0.2, 0.25) is 0 Å². The molecular formula is C10H22N2O. The summed E-state index contributed by atoms with van der Waals surface area (Å²) in [6.45, 7) is 11.7. The fourth-order valence-corrected chi connectivity index (χ4v) is 1.62. The van der Waals surface area contributed by atoms with Gasteiger partial charge in [-0.25, -0.2) is 0 Å². The predicted octanol–water partition coefficient (Wildman–Crippen LogP) is 0.705. The number of rotatable bonds is 4. The molecule has 0 amide bonds. The fraction of sp³-hybridized carbons (Fsp3) is 1.00. The van der Waals surface area contributed by atoms with Crippen molar-refractivity contribution >= 4 is 0 Å². The van der Waals surface area contributed by atoms with Crippen LogP contribution in [0.4, 0.5) is 0 Å². The average molecular weight is 186 g/mol. The van der Waals surface area contributed by atoms with Gasteiger partial charge in [-0.05, 0) is 20.0 Å². The number of nitrogens with one attached hydrogen (secondary N) is 1. The van der Waals surface area contributed by atoms with Gasteiger partial charge in [-0.3, -0.25) is 0 Å². The second-order valence-electron chi connectivity index (χ2n) is 3.75. The Balaban J connectivity index is 2.21. The topological polar surface area (TPSA) is 24.5 Å². The zero-order valence-electron chi connectivity index (χ0n) is 9.05. The summed E-state index contributed by atoms with van der Waals surface area (Å²) < 4.78 is 5.72. The Bertz CT molecular complexity index is 129. The highest BCUT2D eigenvalue weighted by Crippen LogP contribution is 2.03. The summed E-state index contributed by atoms with van der Waals surface area (Å²) in [7, 11) is 0. The second-order valence-corrected chi connectivity index (χ2v) is 3.75. The van der Waals surface area contributed by atoms with Crippen LogP contribution in [0.25, 0.3) is 0 Å². The van der Waals surface area contributed by atoms with Crippen LogP contribution in [-0.2, 0) is 4.74 Å². The Morgan fingerprint density at radius 1 is 1.38 bits per heavy atom. The Kier molecular flexibility index (Phi) is 4.70. The zero-order chi connectivity index (χ0) is 9.68. The first-order chi connectivity index (χ1) is 6.26. The zero-order valence-corrected chi connectivity index (χ0v) is 9.05. The minimum atomic E-state index is 0.385. The smallest absolute Gasteiger partial charge is 0.0826 e. The average Bonchev–Trinajstić information content (AvgIpc) is 2.17. The van der Waals surface area contributed by atoms with Crippen molar-refractivity contribution in [1.29, 1.82) is 0 Å². The number of nitrogens with zero attached hydrogens (tertiary/aromatic N) is 1. The number of hydrogen-bond acceptors (Lipinski definition) is 3. The minimum Gasteiger partial charge on any atom is -0.374 e. The molecule has 1 aliphatic rings. The van der Waals surface area contributed by atoms with E-state index in [0.717, 1.165) is 32.8 Å². The van der Waals surface area contributed by atoms with Gasteiger partial charge in [-0.2, -0.15) is 0 Å². The molecule has 1 rings (SSSR count). The summed E-state index contributed by atoms with van der Waals surface area (Å²) in [5, 5.41) is 3.43. The molecule has 0 aromatic rings. The van der Waals surface area contributed by atoms with Crippen molar-refractivity contribution in [2.45, 2.75) is 32.9 Å². The molecule has 3 heteroatoms. The van der Waals surface area contributed by atoms with Crippen LogP contribution < -0.4 is 5.32 Å². The molecule has 1 heterocycles. The van der Waals surface area contributed by atoms with Crippen LogP contribution >= 0.6 is 0 Å². The van der Waals surface area contributed by atoms with Gasteiger partial charge in [-0.1, -0.05) is 13.8 Å². The molecule has 2 unspecified atom stereocenters. The number of ether oxygens (including phenoxy) is 1. The monoisotopic (exact) mass is 186 g/mol. The molecule has 3 nitrogen and oxygen atoms in total. The van der Waals surface area contributed by atoms with Crippen molar-refractivity contribution in [2.24, 2.45) is 0 Å². The van der Waals surface area contributed by atoms with E-state index in [1.165, 1.54) is 0 Å². The molecule has 0 spiro atoms. The summed E-state index contributed by atoms with van der Waals surface area (Å²) in [5.41, 5.74) is 0. The lowest BCUT2D eigenvalue weighted by Crippen LogP contribution is -2.49. The van der Waals surface area contributed by atoms with Crippen LogP contribution in [0.1, 0.15) is 20.8 Å². The summed E-state index contributed by atoms with van der Waals surface area (Å²) in [5.74, 6) is 0. The Labute approximate surface area is 81.4 Å². The van der Waals surface area contributed by atoms with Gasteiger partial charge in [-0.15, -0.1) is 0 Å². The summed E-state index contributed by atoms with van der Waals surface area (Å²) in [6.07, 6.45) is 0.385. The molecule has 78 valence electrons. The van der Waals surface area contributed by atoms with Gasteiger partial charge in [0.05, 0.1) is 12.7 Å². The van der Waals surface area contributed by atoms with Crippen LogP contribution in [-0.4, -0.2) is 49.8 Å². The molecule has 1 fully saturated rings. The molecule has 0 radical (unpaired) electrons. The van der Waals surface area contributed by atoms with Crippen LogP contribution in [0.5, 0.6) is 0 Å². The maximum absolute atomic E-state index is 5.72. The standard InChI is InChI=1S/C10H22N2O/c1-4-12(5-2)7-10-6-11-9(3)8-13-10/h9-11H,4-8H2,1-3H3. The lowest BCUT2D eigenvalue weighted by atomic mass is 10.2. The Morgan fingerprint density at radius 2 is 2.08 bits per heavy atom. The number of morpholine rings is 1. The molecule has 2 atom stereocenters. The lowest BCUT2D eigenvalue weighted by molar-refractivity contribution is -0.00997.